The fourth-order valence-corrected chi connectivity index (χ4v) is 3.01. The van der Waals surface area contributed by atoms with E-state index in [0.29, 0.717) is 5.56 Å². The van der Waals surface area contributed by atoms with Crippen LogP contribution in [0.25, 0.3) is 0 Å². The summed E-state index contributed by atoms with van der Waals surface area (Å²) in [5, 5.41) is 0.451. The van der Waals surface area contributed by atoms with Crippen LogP contribution < -0.4 is 16.4 Å². The number of rotatable bonds is 5. The van der Waals surface area contributed by atoms with Crippen molar-refractivity contribution in [3.8, 4) is 0 Å². The van der Waals surface area contributed by atoms with Crippen molar-refractivity contribution >= 4 is 51.5 Å². The predicted molar refractivity (Wildman–Crippen MR) is 93.0 cm³/mol. The van der Waals surface area contributed by atoms with Crippen molar-refractivity contribution in [3.63, 3.8) is 0 Å². The third kappa shape index (κ3) is 3.90. The van der Waals surface area contributed by atoms with Crippen LogP contribution in [-0.4, -0.2) is 22.7 Å². The molecule has 7 nitrogen and oxygen atoms in total. The maximum absolute atomic E-state index is 12.8. The minimum Gasteiger partial charge on any atom is -0.375 e. The van der Waals surface area contributed by atoms with Crippen LogP contribution in [-0.2, 0) is 9.59 Å². The molecule has 1 heterocycles. The van der Waals surface area contributed by atoms with E-state index in [1.807, 2.05) is 0 Å². The summed E-state index contributed by atoms with van der Waals surface area (Å²) in [4.78, 5) is 41.3. The van der Waals surface area contributed by atoms with Crippen molar-refractivity contribution in [3.05, 3.63) is 39.9 Å². The summed E-state index contributed by atoms with van der Waals surface area (Å²) < 4.78 is 0. The third-order valence-electron chi connectivity index (χ3n) is 3.18. The van der Waals surface area contributed by atoms with E-state index in [2.05, 4.69) is 4.98 Å². The minimum atomic E-state index is -0.631. The molecule has 3 amide bonds. The summed E-state index contributed by atoms with van der Waals surface area (Å²) in [7, 11) is 0. The number of carbonyl (C=O) groups excluding carboxylic acids is 3. The molecule has 0 aliphatic rings. The highest BCUT2D eigenvalue weighted by Gasteiger charge is 2.29. The fraction of sp³-hybridized carbons (Fsp3) is 0.200. The lowest BCUT2D eigenvalue weighted by molar-refractivity contribution is -0.123. The van der Waals surface area contributed by atoms with Gasteiger partial charge in [-0.15, -0.1) is 0 Å². The van der Waals surface area contributed by atoms with E-state index in [1.165, 1.54) is 6.20 Å². The Balaban J connectivity index is 2.47. The van der Waals surface area contributed by atoms with E-state index >= 15 is 0 Å². The number of thiazole rings is 1. The average molecular weight is 367 g/mol. The van der Waals surface area contributed by atoms with Crippen LogP contribution >= 0.6 is 22.9 Å². The lowest BCUT2D eigenvalue weighted by Crippen LogP contribution is -2.37. The van der Waals surface area contributed by atoms with Crippen LogP contribution in [0.1, 0.15) is 28.1 Å². The molecule has 4 N–H and O–H groups in total. The molecule has 0 fully saturated rings. The van der Waals surface area contributed by atoms with Gasteiger partial charge in [0.1, 0.15) is 4.88 Å². The van der Waals surface area contributed by atoms with E-state index in [-0.39, 0.29) is 33.6 Å². The SMILES string of the molecule is Cc1cccc(Cl)c1N(C(=O)CCC(N)=O)C(=O)c1cnc(N)s1. The summed E-state index contributed by atoms with van der Waals surface area (Å²) in [6.07, 6.45) is 0.917. The van der Waals surface area contributed by atoms with Crippen molar-refractivity contribution in [2.24, 2.45) is 5.73 Å². The topological polar surface area (TPSA) is 119 Å². The molecule has 0 bridgehead atoms. The molecule has 1 aromatic heterocycles. The van der Waals surface area contributed by atoms with Crippen LogP contribution in [0, 0.1) is 6.92 Å². The molecule has 0 atom stereocenters. The molecule has 1 aromatic carbocycles. The molecule has 24 heavy (non-hydrogen) atoms. The first-order valence-corrected chi connectivity index (χ1v) is 8.12. The summed E-state index contributed by atoms with van der Waals surface area (Å²) in [6, 6.07) is 5.01. The van der Waals surface area contributed by atoms with Gasteiger partial charge in [0.15, 0.2) is 5.13 Å². The number of hydrogen-bond donors (Lipinski definition) is 2. The largest absolute Gasteiger partial charge is 0.375 e. The van der Waals surface area contributed by atoms with Gasteiger partial charge in [-0.25, -0.2) is 9.88 Å². The lowest BCUT2D eigenvalue weighted by atomic mass is 10.1. The van der Waals surface area contributed by atoms with Crippen LogP contribution in [0.2, 0.25) is 5.02 Å². The van der Waals surface area contributed by atoms with Crippen molar-refractivity contribution < 1.29 is 14.4 Å². The Bertz CT molecular complexity index is 786. The van der Waals surface area contributed by atoms with E-state index < -0.39 is 17.7 Å². The molecule has 2 aromatic rings. The van der Waals surface area contributed by atoms with E-state index in [4.69, 9.17) is 23.1 Å². The summed E-state index contributed by atoms with van der Waals surface area (Å²) in [5.74, 6) is -1.81. The molecule has 0 radical (unpaired) electrons. The van der Waals surface area contributed by atoms with Gasteiger partial charge in [-0.1, -0.05) is 35.1 Å². The van der Waals surface area contributed by atoms with Gasteiger partial charge in [-0.2, -0.15) is 0 Å². The van der Waals surface area contributed by atoms with Crippen LogP contribution in [0.15, 0.2) is 24.4 Å². The zero-order valence-corrected chi connectivity index (χ0v) is 14.4. The molecule has 126 valence electrons. The van der Waals surface area contributed by atoms with Crippen LogP contribution in [0.4, 0.5) is 10.8 Å². The molecule has 0 saturated heterocycles. The van der Waals surface area contributed by atoms with Crippen LogP contribution in [0.3, 0.4) is 0 Å². The van der Waals surface area contributed by atoms with Gasteiger partial charge in [0, 0.05) is 12.8 Å². The Morgan fingerprint density at radius 1 is 1.29 bits per heavy atom. The minimum absolute atomic E-state index is 0.170. The van der Waals surface area contributed by atoms with Gasteiger partial charge in [0.05, 0.1) is 16.9 Å². The quantitative estimate of drug-likeness (QED) is 0.839. The molecule has 0 aliphatic carbocycles. The number of aromatic nitrogens is 1. The Hall–Kier alpha value is -2.45. The van der Waals surface area contributed by atoms with Gasteiger partial charge >= 0.3 is 0 Å². The first-order chi connectivity index (χ1) is 11.3. The average Bonchev–Trinajstić information content (AvgIpc) is 2.94. The molecular weight excluding hydrogens is 352 g/mol. The molecule has 0 saturated carbocycles. The molecule has 9 heteroatoms. The first kappa shape index (κ1) is 17.9. The maximum atomic E-state index is 12.8. The van der Waals surface area contributed by atoms with E-state index in [9.17, 15) is 14.4 Å². The van der Waals surface area contributed by atoms with Gasteiger partial charge in [-0.05, 0) is 18.6 Å². The number of halogens is 1. The maximum Gasteiger partial charge on any atom is 0.276 e. The molecule has 0 spiro atoms. The summed E-state index contributed by atoms with van der Waals surface area (Å²) in [6.45, 7) is 1.73. The number of aryl methyl sites for hydroxylation is 1. The highest BCUT2D eigenvalue weighted by Crippen LogP contribution is 2.32. The Morgan fingerprint density at radius 3 is 2.54 bits per heavy atom. The number of imide groups is 1. The zero-order chi connectivity index (χ0) is 17.9. The lowest BCUT2D eigenvalue weighted by Gasteiger charge is -2.23. The summed E-state index contributed by atoms with van der Waals surface area (Å²) >= 11 is 7.15. The van der Waals surface area contributed by atoms with Crippen molar-refractivity contribution in [2.75, 3.05) is 10.6 Å². The Morgan fingerprint density at radius 2 is 2.00 bits per heavy atom. The normalized spacial score (nSPS) is 10.4. The Kier molecular flexibility index (Phi) is 5.53. The highest BCUT2D eigenvalue weighted by molar-refractivity contribution is 7.17. The molecule has 0 aliphatic heterocycles. The number of nitrogen functional groups attached to an aromatic ring is 1. The third-order valence-corrected chi connectivity index (χ3v) is 4.30. The fourth-order valence-electron chi connectivity index (χ4n) is 2.08. The van der Waals surface area contributed by atoms with Gasteiger partial charge in [0.2, 0.25) is 11.8 Å². The number of para-hydroxylation sites is 1. The van der Waals surface area contributed by atoms with Crippen molar-refractivity contribution in [1.82, 2.24) is 4.98 Å². The number of nitrogens with two attached hydrogens (primary N) is 2. The Labute approximate surface area is 147 Å². The predicted octanol–water partition coefficient (Wildman–Crippen LogP) is 2.13. The zero-order valence-electron chi connectivity index (χ0n) is 12.8. The smallest absolute Gasteiger partial charge is 0.276 e. The number of hydrogen-bond acceptors (Lipinski definition) is 6. The molecule has 2 rings (SSSR count). The van der Waals surface area contributed by atoms with Gasteiger partial charge in [-0.3, -0.25) is 14.4 Å². The second kappa shape index (κ2) is 7.41. The number of benzene rings is 1. The number of carbonyl (C=O) groups is 3. The van der Waals surface area contributed by atoms with E-state index in [0.717, 1.165) is 16.2 Å². The molecule has 0 unspecified atom stereocenters. The standard InChI is InChI=1S/C15H15ClN4O3S/c1-8-3-2-4-9(16)13(8)20(12(22)6-5-11(17)21)14(23)10-7-19-15(18)24-10/h2-4,7H,5-6H2,1H3,(H2,17,21)(H2,18,19). The summed E-state index contributed by atoms with van der Waals surface area (Å²) in [5.41, 5.74) is 11.5. The first-order valence-electron chi connectivity index (χ1n) is 6.93. The van der Waals surface area contributed by atoms with Crippen LogP contribution in [0.5, 0.6) is 0 Å². The number of anilines is 2. The number of primary amides is 1. The molecular formula is C15H15ClN4O3S. The van der Waals surface area contributed by atoms with Gasteiger partial charge < -0.3 is 11.5 Å². The monoisotopic (exact) mass is 366 g/mol. The van der Waals surface area contributed by atoms with Gasteiger partial charge in [0.25, 0.3) is 5.91 Å². The van der Waals surface area contributed by atoms with Crippen molar-refractivity contribution in [2.45, 2.75) is 19.8 Å². The van der Waals surface area contributed by atoms with E-state index in [1.54, 1.807) is 25.1 Å². The van der Waals surface area contributed by atoms with Crippen molar-refractivity contribution in [1.29, 1.82) is 0 Å². The second-order valence-corrected chi connectivity index (χ2v) is 6.44. The second-order valence-electron chi connectivity index (χ2n) is 4.97. The number of nitrogens with zero attached hydrogens (tertiary/aromatic N) is 2. The highest BCUT2D eigenvalue weighted by atomic mass is 35.5. The number of amides is 3.